The Labute approximate surface area is 104 Å². The molecule has 0 radical (unpaired) electrons. The van der Waals surface area contributed by atoms with Crippen molar-refractivity contribution >= 4 is 17.9 Å². The van der Waals surface area contributed by atoms with Crippen molar-refractivity contribution in [3.05, 3.63) is 10.1 Å². The summed E-state index contributed by atoms with van der Waals surface area (Å²) in [6, 6.07) is 0. The summed E-state index contributed by atoms with van der Waals surface area (Å²) < 4.78 is 0. The maximum absolute atomic E-state index is 10.7. The van der Waals surface area contributed by atoms with Crippen LogP contribution in [0.1, 0.15) is 12.8 Å². The number of carboxylic acid groups (broad SMARTS) is 3. The van der Waals surface area contributed by atoms with Crippen molar-refractivity contribution in [2.45, 2.75) is 18.4 Å². The number of carboxylic acids is 3. The van der Waals surface area contributed by atoms with Gasteiger partial charge in [0, 0.05) is 17.1 Å². The number of aliphatic carboxylic acids is 3. The van der Waals surface area contributed by atoms with Crippen molar-refractivity contribution < 1.29 is 56.7 Å². The first-order valence-corrected chi connectivity index (χ1v) is 3.70. The van der Waals surface area contributed by atoms with Crippen molar-refractivity contribution in [1.29, 1.82) is 0 Å². The van der Waals surface area contributed by atoms with E-state index < -0.39 is 41.4 Å². The third kappa shape index (κ3) is 5.68. The van der Waals surface area contributed by atoms with Gasteiger partial charge in [-0.25, -0.2) is 4.79 Å². The zero-order valence-electron chi connectivity index (χ0n) is 8.01. The van der Waals surface area contributed by atoms with Gasteiger partial charge in [-0.3, -0.25) is 14.4 Å². The summed E-state index contributed by atoms with van der Waals surface area (Å²) in [5.41, 5.74) is -2.92. The maximum atomic E-state index is 10.7. The molecule has 0 fully saturated rings. The van der Waals surface area contributed by atoms with E-state index in [2.05, 4.69) is 4.84 Å². The van der Waals surface area contributed by atoms with E-state index in [1.807, 2.05) is 0 Å². The third-order valence-electron chi connectivity index (χ3n) is 1.51. The first kappa shape index (κ1) is 17.5. The van der Waals surface area contributed by atoms with Gasteiger partial charge in [-0.1, -0.05) is 0 Å². The van der Waals surface area contributed by atoms with Gasteiger partial charge in [-0.2, -0.15) is 0 Å². The van der Waals surface area contributed by atoms with E-state index in [9.17, 15) is 24.5 Å². The molecule has 0 saturated carbocycles. The molecule has 0 aromatic heterocycles. The quantitative estimate of drug-likeness (QED) is 0.302. The zero-order chi connectivity index (χ0) is 12.9. The molecular formula is C6H7FeNO9. The topological polar surface area (TPSA) is 164 Å². The van der Waals surface area contributed by atoms with Crippen LogP contribution < -0.4 is 0 Å². The second-order valence-corrected chi connectivity index (χ2v) is 2.76. The molecule has 11 heteroatoms. The first-order chi connectivity index (χ1) is 7.19. The minimum Gasteiger partial charge on any atom is -0.481 e. The molecule has 0 aliphatic rings. The Hall–Kier alpha value is -1.87. The summed E-state index contributed by atoms with van der Waals surface area (Å²) in [5.74, 6) is -5.50. The predicted molar refractivity (Wildman–Crippen MR) is 43.0 cm³/mol. The van der Waals surface area contributed by atoms with Crippen LogP contribution in [0.15, 0.2) is 0 Å². The summed E-state index contributed by atoms with van der Waals surface area (Å²) in [7, 11) is 0. The summed E-state index contributed by atoms with van der Waals surface area (Å²) in [4.78, 5) is 45.0. The fourth-order valence-electron chi connectivity index (χ4n) is 0.949. The van der Waals surface area contributed by atoms with Crippen LogP contribution >= 0.6 is 0 Å². The number of hydrogen-bond acceptors (Lipinski definition) is 6. The molecule has 10 nitrogen and oxygen atoms in total. The van der Waals surface area contributed by atoms with Crippen LogP contribution in [-0.4, -0.2) is 43.9 Å². The maximum Gasteiger partial charge on any atom is 0.337 e. The van der Waals surface area contributed by atoms with Crippen LogP contribution in [0.25, 0.3) is 0 Å². The molecule has 0 spiro atoms. The largest absolute Gasteiger partial charge is 0.481 e. The van der Waals surface area contributed by atoms with Crippen molar-refractivity contribution in [1.82, 2.24) is 0 Å². The Kier molecular flexibility index (Phi) is 6.86. The van der Waals surface area contributed by atoms with Crippen molar-refractivity contribution in [3.8, 4) is 0 Å². The number of hydrogen-bond donors (Lipinski definition) is 3. The summed E-state index contributed by atoms with van der Waals surface area (Å²) in [5, 5.41) is 33.8. The van der Waals surface area contributed by atoms with Crippen LogP contribution in [0.3, 0.4) is 0 Å². The van der Waals surface area contributed by atoms with Crippen molar-refractivity contribution in [2.75, 3.05) is 0 Å². The molecule has 0 aliphatic heterocycles. The second-order valence-electron chi connectivity index (χ2n) is 2.76. The molecule has 0 aromatic carbocycles. The van der Waals surface area contributed by atoms with E-state index in [4.69, 9.17) is 15.3 Å². The number of nitrogens with zero attached hydrogens (tertiary/aromatic N) is 1. The summed E-state index contributed by atoms with van der Waals surface area (Å²) >= 11 is 0. The molecule has 0 unspecified atom stereocenters. The summed E-state index contributed by atoms with van der Waals surface area (Å²) in [6.07, 6.45) is -2.68. The molecule has 98 valence electrons. The van der Waals surface area contributed by atoms with Crippen LogP contribution in [0.5, 0.6) is 0 Å². The van der Waals surface area contributed by atoms with Crippen molar-refractivity contribution in [3.63, 3.8) is 0 Å². The van der Waals surface area contributed by atoms with Crippen LogP contribution in [0, 0.1) is 10.1 Å². The van der Waals surface area contributed by atoms with Gasteiger partial charge in [0.15, 0.2) is 0 Å². The fraction of sp³-hybridized carbons (Fsp3) is 0.500. The molecule has 0 amide bonds. The Morgan fingerprint density at radius 3 is 1.65 bits per heavy atom. The average molecular weight is 293 g/mol. The van der Waals surface area contributed by atoms with E-state index >= 15 is 0 Å². The minimum absolute atomic E-state index is 0. The molecular weight excluding hydrogens is 286 g/mol. The smallest absolute Gasteiger partial charge is 0.337 e. The van der Waals surface area contributed by atoms with Gasteiger partial charge >= 0.3 is 17.9 Å². The molecule has 0 heterocycles. The minimum atomic E-state index is -2.92. The van der Waals surface area contributed by atoms with Gasteiger partial charge in [-0.05, 0) is 0 Å². The first-order valence-electron chi connectivity index (χ1n) is 3.70. The van der Waals surface area contributed by atoms with E-state index in [0.29, 0.717) is 0 Å². The van der Waals surface area contributed by atoms with E-state index in [-0.39, 0.29) is 17.1 Å². The molecule has 0 atom stereocenters. The van der Waals surface area contributed by atoms with Gasteiger partial charge in [0.2, 0.25) is 5.60 Å². The Morgan fingerprint density at radius 1 is 1.12 bits per heavy atom. The van der Waals surface area contributed by atoms with Crippen molar-refractivity contribution in [2.24, 2.45) is 0 Å². The third-order valence-corrected chi connectivity index (χ3v) is 1.51. The van der Waals surface area contributed by atoms with Gasteiger partial charge in [0.05, 0.1) is 12.8 Å². The van der Waals surface area contributed by atoms with Gasteiger partial charge < -0.3 is 15.3 Å². The molecule has 0 bridgehead atoms. The molecule has 0 aromatic rings. The van der Waals surface area contributed by atoms with Crippen LogP contribution in [0.4, 0.5) is 0 Å². The Bertz CT molecular complexity index is 300. The molecule has 0 rings (SSSR count). The number of rotatable bonds is 7. The van der Waals surface area contributed by atoms with Gasteiger partial charge in [-0.15, -0.1) is 10.1 Å². The average Bonchev–Trinajstić information content (AvgIpc) is 1.98. The Morgan fingerprint density at radius 2 is 1.47 bits per heavy atom. The predicted octanol–water partition coefficient (Wildman–Crippen LogP) is -1.03. The normalized spacial score (nSPS) is 9.88. The van der Waals surface area contributed by atoms with Crippen LogP contribution in [0.2, 0.25) is 0 Å². The van der Waals surface area contributed by atoms with E-state index in [0.717, 1.165) is 0 Å². The molecule has 3 N–H and O–H groups in total. The molecule has 0 aliphatic carbocycles. The fourth-order valence-corrected chi connectivity index (χ4v) is 0.949. The Balaban J connectivity index is 0. The molecule has 0 saturated heterocycles. The zero-order valence-corrected chi connectivity index (χ0v) is 9.11. The van der Waals surface area contributed by atoms with Crippen LogP contribution in [-0.2, 0) is 36.3 Å². The second kappa shape index (κ2) is 6.66. The van der Waals surface area contributed by atoms with Gasteiger partial charge in [0.1, 0.15) is 0 Å². The number of carbonyl (C=O) groups is 3. The molecule has 17 heavy (non-hydrogen) atoms. The van der Waals surface area contributed by atoms with E-state index in [1.165, 1.54) is 0 Å². The van der Waals surface area contributed by atoms with E-state index in [1.54, 1.807) is 0 Å². The monoisotopic (exact) mass is 293 g/mol. The standard InChI is InChI=1S/C6H7NO9.Fe/c8-3(9)1-6(5(12)13,2-4(10)11)16-7(14)15;/h1-2H2,(H,8,9)(H,10,11)(H,12,13);. The summed E-state index contributed by atoms with van der Waals surface area (Å²) in [6.45, 7) is 0. The van der Waals surface area contributed by atoms with Gasteiger partial charge in [0.25, 0.3) is 5.09 Å². The SMILES string of the molecule is O=C(O)CC(CC(=O)O)(O[N+](=O)[O-])C(=O)O.[Fe].